The van der Waals surface area contributed by atoms with Crippen LogP contribution in [0.5, 0.6) is 0 Å². The van der Waals surface area contributed by atoms with Crippen molar-refractivity contribution in [2.24, 2.45) is 0 Å². The van der Waals surface area contributed by atoms with Crippen molar-refractivity contribution in [2.75, 3.05) is 6.61 Å². The third kappa shape index (κ3) is 3.01. The van der Waals surface area contributed by atoms with Gasteiger partial charge in [0, 0.05) is 0 Å². The molecule has 0 spiro atoms. The van der Waals surface area contributed by atoms with Crippen molar-refractivity contribution in [2.45, 2.75) is 23.6 Å². The third-order valence-corrected chi connectivity index (χ3v) is 6.82. The van der Waals surface area contributed by atoms with Gasteiger partial charge < -0.3 is 0 Å². The molecule has 2 aromatic carbocycles. The van der Waals surface area contributed by atoms with Gasteiger partial charge in [0.25, 0.3) is 0 Å². The first-order valence-corrected chi connectivity index (χ1v) is 10.4. The van der Waals surface area contributed by atoms with E-state index in [9.17, 15) is 4.79 Å². The molecule has 0 bridgehead atoms. The summed E-state index contributed by atoms with van der Waals surface area (Å²) >= 11 is -0.813. The number of carbonyl (C=O) groups excluding carboxylic acids is 1. The zero-order valence-corrected chi connectivity index (χ0v) is 14.6. The first-order chi connectivity index (χ1) is 10.3. The molecule has 0 saturated carbocycles. The van der Waals surface area contributed by atoms with E-state index in [4.69, 9.17) is 4.74 Å². The molecule has 0 fully saturated rings. The summed E-state index contributed by atoms with van der Waals surface area (Å²) < 4.78 is 6.68. The van der Waals surface area contributed by atoms with Crippen LogP contribution in [0.3, 0.4) is 0 Å². The van der Waals surface area contributed by atoms with Crippen LogP contribution in [0.2, 0.25) is 4.37 Å². The maximum absolute atomic E-state index is 11.8. The number of fused-ring (bicyclic) bond motifs is 3. The molecule has 0 aromatic heterocycles. The van der Waals surface area contributed by atoms with Crippen molar-refractivity contribution in [1.29, 1.82) is 0 Å². The van der Waals surface area contributed by atoms with Crippen LogP contribution in [0.1, 0.15) is 30.4 Å². The Bertz CT molecular complexity index is 606. The molecule has 0 unspecified atom stereocenters. The molecule has 3 heteroatoms. The number of carbonyl (C=O) groups is 1. The van der Waals surface area contributed by atoms with E-state index >= 15 is 0 Å². The van der Waals surface area contributed by atoms with Crippen LogP contribution in [-0.4, -0.2) is 32.1 Å². The van der Waals surface area contributed by atoms with Crippen LogP contribution in [0.4, 0.5) is 4.79 Å². The molecule has 1 aliphatic carbocycles. The number of hydrogen-bond acceptors (Lipinski definition) is 2. The zero-order chi connectivity index (χ0) is 14.7. The summed E-state index contributed by atoms with van der Waals surface area (Å²) in [7, 11) is 0. The van der Waals surface area contributed by atoms with Gasteiger partial charge >= 0.3 is 136 Å². The summed E-state index contributed by atoms with van der Waals surface area (Å²) in [5, 5.41) is 0. The van der Waals surface area contributed by atoms with Crippen molar-refractivity contribution < 1.29 is 9.53 Å². The Balaban J connectivity index is 1.81. The zero-order valence-electron chi connectivity index (χ0n) is 12.1. The summed E-state index contributed by atoms with van der Waals surface area (Å²) in [6, 6.07) is 16.9. The second-order valence-corrected chi connectivity index (χ2v) is 8.41. The second kappa shape index (κ2) is 6.66. The van der Waals surface area contributed by atoms with Gasteiger partial charge in [-0.05, 0) is 0 Å². The molecule has 1 radical (unpaired) electrons. The summed E-state index contributed by atoms with van der Waals surface area (Å²) in [6.45, 7) is 2.60. The van der Waals surface area contributed by atoms with Crippen LogP contribution >= 0.6 is 0 Å². The molecule has 0 heterocycles. The predicted octanol–water partition coefficient (Wildman–Crippen LogP) is 4.47. The first-order valence-electron chi connectivity index (χ1n) is 7.33. The van der Waals surface area contributed by atoms with Gasteiger partial charge in [-0.1, -0.05) is 0 Å². The van der Waals surface area contributed by atoms with E-state index in [1.807, 2.05) is 0 Å². The van der Waals surface area contributed by atoms with Gasteiger partial charge in [-0.25, -0.2) is 0 Å². The van der Waals surface area contributed by atoms with Gasteiger partial charge in [-0.15, -0.1) is 0 Å². The molecule has 0 saturated heterocycles. The van der Waals surface area contributed by atoms with Gasteiger partial charge in [-0.3, -0.25) is 0 Å². The molecule has 3 rings (SSSR count). The standard InChI is InChI=1S/C15H11O2.C3H7.Sb/c16-10-17-9-15-13-7-3-1-5-11(13)12-6-2-4-8-14(12)15;1-3-2;/h1-8,15H,9H2;1,3H2,2H3;. The van der Waals surface area contributed by atoms with Gasteiger partial charge in [0.1, 0.15) is 0 Å². The van der Waals surface area contributed by atoms with E-state index in [2.05, 4.69) is 55.5 Å². The van der Waals surface area contributed by atoms with E-state index in [-0.39, 0.29) is 9.83 Å². The van der Waals surface area contributed by atoms with Gasteiger partial charge in [-0.2, -0.15) is 0 Å². The Morgan fingerprint density at radius 1 is 1.05 bits per heavy atom. The van der Waals surface area contributed by atoms with Crippen LogP contribution in [0.25, 0.3) is 11.1 Å². The number of rotatable bonds is 5. The fraction of sp³-hybridized carbons (Fsp3) is 0.278. The molecule has 2 aromatic rings. The van der Waals surface area contributed by atoms with Gasteiger partial charge in [0.15, 0.2) is 0 Å². The molecule has 0 N–H and O–H groups in total. The molecule has 0 aliphatic heterocycles. The normalized spacial score (nSPS) is 12.8. The average molecular weight is 388 g/mol. The Kier molecular flexibility index (Phi) is 4.65. The SMILES string of the molecule is CC[CH2][Sb][C](=O)OCC1c2ccccc2-c2ccccc21. The molecule has 1 aliphatic rings. The minimum atomic E-state index is -0.813. The maximum atomic E-state index is 11.8. The minimum absolute atomic E-state index is 0.0655. The van der Waals surface area contributed by atoms with Crippen molar-refractivity contribution in [3.63, 3.8) is 0 Å². The second-order valence-electron chi connectivity index (χ2n) is 5.19. The Morgan fingerprint density at radius 2 is 1.62 bits per heavy atom. The predicted molar refractivity (Wildman–Crippen MR) is 85.9 cm³/mol. The number of benzene rings is 2. The quantitative estimate of drug-likeness (QED) is 0.707. The molecular weight excluding hydrogens is 370 g/mol. The van der Waals surface area contributed by atoms with E-state index in [1.165, 1.54) is 22.3 Å². The Labute approximate surface area is 136 Å². The molecule has 21 heavy (non-hydrogen) atoms. The molecule has 0 atom stereocenters. The van der Waals surface area contributed by atoms with E-state index in [0.717, 1.165) is 10.8 Å². The van der Waals surface area contributed by atoms with Crippen molar-refractivity contribution in [3.8, 4) is 11.1 Å². The fourth-order valence-corrected chi connectivity index (χ4v) is 4.48. The monoisotopic (exact) mass is 387 g/mol. The Morgan fingerprint density at radius 3 is 2.19 bits per heavy atom. The van der Waals surface area contributed by atoms with Gasteiger partial charge in [0.2, 0.25) is 0 Å². The van der Waals surface area contributed by atoms with Crippen LogP contribution < -0.4 is 0 Å². The number of ether oxygens (including phenoxy) is 1. The van der Waals surface area contributed by atoms with Crippen molar-refractivity contribution in [1.82, 2.24) is 0 Å². The first kappa shape index (κ1) is 14.7. The summed E-state index contributed by atoms with van der Waals surface area (Å²) in [4.78, 5) is 11.8. The summed E-state index contributed by atoms with van der Waals surface area (Å²) in [5.74, 6) is 0.193. The van der Waals surface area contributed by atoms with E-state index < -0.39 is 21.6 Å². The van der Waals surface area contributed by atoms with Gasteiger partial charge in [0.05, 0.1) is 0 Å². The summed E-state index contributed by atoms with van der Waals surface area (Å²) in [5.41, 5.74) is 5.12. The number of hydrogen-bond donors (Lipinski definition) is 0. The summed E-state index contributed by atoms with van der Waals surface area (Å²) in [6.07, 6.45) is 1.08. The third-order valence-electron chi connectivity index (χ3n) is 3.80. The van der Waals surface area contributed by atoms with Crippen LogP contribution in [0, 0.1) is 0 Å². The van der Waals surface area contributed by atoms with Crippen LogP contribution in [-0.2, 0) is 4.74 Å². The Hall–Kier alpha value is -1.27. The fourth-order valence-electron chi connectivity index (χ4n) is 2.84. The molecule has 107 valence electrons. The topological polar surface area (TPSA) is 26.3 Å². The van der Waals surface area contributed by atoms with Crippen molar-refractivity contribution in [3.05, 3.63) is 59.7 Å². The van der Waals surface area contributed by atoms with E-state index in [0.29, 0.717) is 6.61 Å². The molecule has 2 nitrogen and oxygen atoms in total. The van der Waals surface area contributed by atoms with Crippen molar-refractivity contribution >= 4 is 25.5 Å². The molecule has 0 amide bonds. The van der Waals surface area contributed by atoms with E-state index in [1.54, 1.807) is 0 Å². The van der Waals surface area contributed by atoms with Crippen LogP contribution in [0.15, 0.2) is 48.5 Å². The molecular formula is C18H18O2Sb. The average Bonchev–Trinajstić information content (AvgIpc) is 2.85.